The number of carbonyl (C=O) groups is 1. The van der Waals surface area contributed by atoms with Crippen LogP contribution >= 0.6 is 11.6 Å². The van der Waals surface area contributed by atoms with Crippen molar-refractivity contribution in [3.63, 3.8) is 0 Å². The Morgan fingerprint density at radius 3 is 2.50 bits per heavy atom. The zero-order chi connectivity index (χ0) is 21.3. The van der Waals surface area contributed by atoms with Crippen molar-refractivity contribution in [2.45, 2.75) is 25.8 Å². The van der Waals surface area contributed by atoms with Gasteiger partial charge in [-0.05, 0) is 61.7 Å². The topological polar surface area (TPSA) is 64.4 Å². The maximum Gasteiger partial charge on any atom is 0.278 e. The first-order valence-electron chi connectivity index (χ1n) is 9.80. The second-order valence-corrected chi connectivity index (χ2v) is 7.75. The summed E-state index contributed by atoms with van der Waals surface area (Å²) in [6, 6.07) is 16.2. The number of methoxy groups -OCH3 is 1. The van der Waals surface area contributed by atoms with E-state index in [9.17, 15) is 9.59 Å². The number of ether oxygens (including phenoxy) is 1. The van der Waals surface area contributed by atoms with Gasteiger partial charge in [-0.25, -0.2) is 4.68 Å². The van der Waals surface area contributed by atoms with E-state index >= 15 is 0 Å². The van der Waals surface area contributed by atoms with Crippen LogP contribution in [-0.4, -0.2) is 34.2 Å². The Morgan fingerprint density at radius 1 is 1.13 bits per heavy atom. The van der Waals surface area contributed by atoms with Gasteiger partial charge in [0.1, 0.15) is 5.75 Å². The smallest absolute Gasteiger partial charge is 0.278 e. The van der Waals surface area contributed by atoms with Crippen LogP contribution in [0.15, 0.2) is 59.4 Å². The summed E-state index contributed by atoms with van der Waals surface area (Å²) in [5.41, 5.74) is 1.96. The molecule has 7 heteroatoms. The standard InChI is InChI=1S/C23H22ClN3O3/c1-15-14-21(28)22(25-27(15)18-9-7-17(24)8-10-18)23(29)26-13-3-4-20(26)16-5-11-19(30-2)12-6-16/h5-12,14,20H,3-4,13H2,1-2H3/t20-/m1/s1. The Kier molecular flexibility index (Phi) is 5.59. The third-order valence-electron chi connectivity index (χ3n) is 5.40. The number of halogens is 1. The molecule has 6 nitrogen and oxygen atoms in total. The largest absolute Gasteiger partial charge is 0.497 e. The molecule has 1 aliphatic rings. The van der Waals surface area contributed by atoms with Crippen molar-refractivity contribution < 1.29 is 9.53 Å². The summed E-state index contributed by atoms with van der Waals surface area (Å²) in [6.45, 7) is 2.37. The van der Waals surface area contributed by atoms with Gasteiger partial charge in [0, 0.05) is 23.3 Å². The number of carbonyl (C=O) groups excluding carboxylic acids is 1. The van der Waals surface area contributed by atoms with Crippen LogP contribution in [0.2, 0.25) is 5.02 Å². The first-order chi connectivity index (χ1) is 14.5. The van der Waals surface area contributed by atoms with Gasteiger partial charge < -0.3 is 9.64 Å². The monoisotopic (exact) mass is 423 g/mol. The molecule has 0 bridgehead atoms. The van der Waals surface area contributed by atoms with Crippen LogP contribution in [0.4, 0.5) is 0 Å². The van der Waals surface area contributed by atoms with Crippen LogP contribution in [-0.2, 0) is 0 Å². The van der Waals surface area contributed by atoms with Gasteiger partial charge in [0.2, 0.25) is 5.43 Å². The van der Waals surface area contributed by atoms with Gasteiger partial charge >= 0.3 is 0 Å². The third kappa shape index (κ3) is 3.83. The highest BCUT2D eigenvalue weighted by Gasteiger charge is 2.32. The second kappa shape index (κ2) is 8.32. The highest BCUT2D eigenvalue weighted by Crippen LogP contribution is 2.33. The van der Waals surface area contributed by atoms with Gasteiger partial charge in [-0.15, -0.1) is 0 Å². The SMILES string of the molecule is COc1ccc([C@H]2CCCN2C(=O)c2nn(-c3ccc(Cl)cc3)c(C)cc2=O)cc1. The van der Waals surface area contributed by atoms with E-state index < -0.39 is 0 Å². The lowest BCUT2D eigenvalue weighted by Gasteiger charge is -2.25. The summed E-state index contributed by atoms with van der Waals surface area (Å²) in [5, 5.41) is 5.03. The van der Waals surface area contributed by atoms with Crippen molar-refractivity contribution in [3.8, 4) is 11.4 Å². The van der Waals surface area contributed by atoms with E-state index in [2.05, 4.69) is 5.10 Å². The molecule has 0 N–H and O–H groups in total. The van der Waals surface area contributed by atoms with Crippen LogP contribution in [0.25, 0.3) is 5.69 Å². The maximum atomic E-state index is 13.3. The Hall–Kier alpha value is -3.12. The molecule has 4 rings (SSSR count). The molecule has 2 aromatic carbocycles. The Morgan fingerprint density at radius 2 is 1.83 bits per heavy atom. The molecule has 154 valence electrons. The van der Waals surface area contributed by atoms with E-state index in [1.165, 1.54) is 6.07 Å². The number of aromatic nitrogens is 2. The number of aryl methyl sites for hydroxylation is 1. The number of hydrogen-bond donors (Lipinski definition) is 0. The van der Waals surface area contributed by atoms with Crippen molar-refractivity contribution in [3.05, 3.63) is 86.8 Å². The fraction of sp³-hybridized carbons (Fsp3) is 0.261. The lowest BCUT2D eigenvalue weighted by molar-refractivity contribution is 0.0726. The molecule has 30 heavy (non-hydrogen) atoms. The van der Waals surface area contributed by atoms with Crippen molar-refractivity contribution in [1.82, 2.24) is 14.7 Å². The van der Waals surface area contributed by atoms with E-state index in [-0.39, 0.29) is 23.1 Å². The first kappa shape index (κ1) is 20.2. The number of benzene rings is 2. The van der Waals surface area contributed by atoms with E-state index in [0.717, 1.165) is 29.8 Å². The minimum atomic E-state index is -0.372. The second-order valence-electron chi connectivity index (χ2n) is 7.32. The molecule has 1 fully saturated rings. The lowest BCUT2D eigenvalue weighted by atomic mass is 10.0. The number of nitrogens with zero attached hydrogens (tertiary/aromatic N) is 3. The molecule has 0 saturated carbocycles. The highest BCUT2D eigenvalue weighted by molar-refractivity contribution is 6.30. The van der Waals surface area contributed by atoms with Gasteiger partial charge in [-0.1, -0.05) is 23.7 Å². The maximum absolute atomic E-state index is 13.3. The van der Waals surface area contributed by atoms with E-state index in [1.54, 1.807) is 47.9 Å². The molecular weight excluding hydrogens is 402 g/mol. The molecule has 0 spiro atoms. The number of amides is 1. The van der Waals surface area contributed by atoms with E-state index in [1.807, 2.05) is 24.3 Å². The van der Waals surface area contributed by atoms with Gasteiger partial charge in [0.05, 0.1) is 18.8 Å². The molecule has 0 unspecified atom stereocenters. The highest BCUT2D eigenvalue weighted by atomic mass is 35.5. The zero-order valence-corrected chi connectivity index (χ0v) is 17.6. The minimum Gasteiger partial charge on any atom is -0.497 e. The third-order valence-corrected chi connectivity index (χ3v) is 5.65. The fourth-order valence-electron chi connectivity index (χ4n) is 3.86. The molecule has 0 radical (unpaired) electrons. The van der Waals surface area contributed by atoms with Crippen molar-refractivity contribution in [2.24, 2.45) is 0 Å². The van der Waals surface area contributed by atoms with Gasteiger partial charge in [0.25, 0.3) is 5.91 Å². The molecule has 3 aromatic rings. The molecule has 1 atom stereocenters. The van der Waals surface area contributed by atoms with Crippen LogP contribution in [0.3, 0.4) is 0 Å². The number of likely N-dealkylation sites (tertiary alicyclic amines) is 1. The predicted octanol–water partition coefficient (Wildman–Crippen LogP) is 4.18. The molecule has 1 saturated heterocycles. The van der Waals surface area contributed by atoms with Crippen molar-refractivity contribution >= 4 is 17.5 Å². The summed E-state index contributed by atoms with van der Waals surface area (Å²) < 4.78 is 6.82. The predicted molar refractivity (Wildman–Crippen MR) is 116 cm³/mol. The summed E-state index contributed by atoms with van der Waals surface area (Å²) in [7, 11) is 1.62. The van der Waals surface area contributed by atoms with E-state index in [4.69, 9.17) is 16.3 Å². The van der Waals surface area contributed by atoms with Crippen LogP contribution in [0.1, 0.15) is 40.6 Å². The fourth-order valence-corrected chi connectivity index (χ4v) is 3.98. The first-order valence-corrected chi connectivity index (χ1v) is 10.2. The van der Waals surface area contributed by atoms with Crippen LogP contribution in [0, 0.1) is 6.92 Å². The Bertz CT molecular complexity index is 1120. The zero-order valence-electron chi connectivity index (χ0n) is 16.8. The average Bonchev–Trinajstić information content (AvgIpc) is 3.24. The number of rotatable bonds is 4. The summed E-state index contributed by atoms with van der Waals surface area (Å²) in [5.74, 6) is 0.418. The summed E-state index contributed by atoms with van der Waals surface area (Å²) in [4.78, 5) is 27.7. The van der Waals surface area contributed by atoms with Crippen molar-refractivity contribution in [2.75, 3.05) is 13.7 Å². The number of hydrogen-bond acceptors (Lipinski definition) is 4. The average molecular weight is 424 g/mol. The molecule has 1 aromatic heterocycles. The van der Waals surface area contributed by atoms with Gasteiger partial charge in [-0.3, -0.25) is 9.59 Å². The van der Waals surface area contributed by atoms with Crippen molar-refractivity contribution in [1.29, 1.82) is 0 Å². The normalized spacial score (nSPS) is 16.0. The Labute approximate surface area is 179 Å². The molecule has 1 aliphatic heterocycles. The summed E-state index contributed by atoms with van der Waals surface area (Å²) in [6.07, 6.45) is 1.72. The molecule has 0 aliphatic carbocycles. The molecule has 2 heterocycles. The quantitative estimate of drug-likeness (QED) is 0.631. The summed E-state index contributed by atoms with van der Waals surface area (Å²) >= 11 is 5.98. The van der Waals surface area contributed by atoms with Gasteiger partial charge in [0.15, 0.2) is 5.69 Å². The van der Waals surface area contributed by atoms with Gasteiger partial charge in [-0.2, -0.15) is 5.10 Å². The van der Waals surface area contributed by atoms with Crippen LogP contribution in [0.5, 0.6) is 5.75 Å². The van der Waals surface area contributed by atoms with E-state index in [0.29, 0.717) is 17.3 Å². The van der Waals surface area contributed by atoms with Crippen LogP contribution < -0.4 is 10.2 Å². The molecule has 1 amide bonds. The minimum absolute atomic E-state index is 0.0732. The lowest BCUT2D eigenvalue weighted by Crippen LogP contribution is -2.36. The molecular formula is C23H22ClN3O3. The Balaban J connectivity index is 1.68.